The third kappa shape index (κ3) is 3.07. The van der Waals surface area contributed by atoms with Crippen molar-refractivity contribution >= 4 is 27.8 Å². The van der Waals surface area contributed by atoms with Gasteiger partial charge in [0.25, 0.3) is 0 Å². The molecule has 2 N–H and O–H groups in total. The van der Waals surface area contributed by atoms with E-state index in [0.29, 0.717) is 5.92 Å². The molecule has 2 aromatic carbocycles. The summed E-state index contributed by atoms with van der Waals surface area (Å²) in [5, 5.41) is 9.89. The summed E-state index contributed by atoms with van der Waals surface area (Å²) in [7, 11) is 1.69. The Hall–Kier alpha value is -3.87. The van der Waals surface area contributed by atoms with E-state index < -0.39 is 0 Å². The Labute approximate surface area is 197 Å². The summed E-state index contributed by atoms with van der Waals surface area (Å²) in [4.78, 5) is 13.1. The quantitative estimate of drug-likeness (QED) is 0.345. The molecular formula is C27H27N5O2. The topological polar surface area (TPSA) is 88.9 Å². The van der Waals surface area contributed by atoms with E-state index in [1.54, 1.807) is 7.11 Å². The molecule has 7 heteroatoms. The summed E-state index contributed by atoms with van der Waals surface area (Å²) < 4.78 is 11.2. The van der Waals surface area contributed by atoms with Gasteiger partial charge in [-0.3, -0.25) is 0 Å². The van der Waals surface area contributed by atoms with Crippen LogP contribution in [0.3, 0.4) is 0 Å². The van der Waals surface area contributed by atoms with Gasteiger partial charge in [0, 0.05) is 16.5 Å². The predicted molar refractivity (Wildman–Crippen MR) is 133 cm³/mol. The third-order valence-corrected chi connectivity index (χ3v) is 6.98. The van der Waals surface area contributed by atoms with E-state index in [4.69, 9.17) is 19.2 Å². The van der Waals surface area contributed by atoms with Crippen molar-refractivity contribution in [2.45, 2.75) is 40.2 Å². The molecule has 0 saturated heterocycles. The van der Waals surface area contributed by atoms with Crippen molar-refractivity contribution < 1.29 is 9.26 Å². The summed E-state index contributed by atoms with van der Waals surface area (Å²) in [6.45, 7) is 8.08. The smallest absolute Gasteiger partial charge is 0.144 e. The second kappa shape index (κ2) is 7.58. The van der Waals surface area contributed by atoms with Gasteiger partial charge in [-0.15, -0.1) is 0 Å². The highest BCUT2D eigenvalue weighted by molar-refractivity contribution is 6.12. The van der Waals surface area contributed by atoms with Gasteiger partial charge in [-0.25, -0.2) is 9.97 Å². The molecule has 0 bridgehead atoms. The summed E-state index contributed by atoms with van der Waals surface area (Å²) in [5.41, 5.74) is 7.25. The lowest BCUT2D eigenvalue weighted by molar-refractivity contribution is 0.393. The molecule has 172 valence electrons. The molecule has 5 aromatic rings. The number of H-pyrrole nitrogens is 1. The largest absolute Gasteiger partial charge is 0.496 e. The van der Waals surface area contributed by atoms with Crippen molar-refractivity contribution in [3.63, 3.8) is 0 Å². The Morgan fingerprint density at radius 2 is 1.94 bits per heavy atom. The first-order valence-corrected chi connectivity index (χ1v) is 11.6. The molecule has 0 fully saturated rings. The normalized spacial score (nSPS) is 17.4. The first-order chi connectivity index (χ1) is 16.4. The van der Waals surface area contributed by atoms with Gasteiger partial charge in [0.2, 0.25) is 0 Å². The van der Waals surface area contributed by atoms with Crippen LogP contribution in [0.15, 0.2) is 40.9 Å². The zero-order valence-corrected chi connectivity index (χ0v) is 20.0. The minimum atomic E-state index is 0.196. The number of aromatic nitrogens is 4. The number of benzene rings is 2. The van der Waals surface area contributed by atoms with Crippen LogP contribution >= 0.6 is 0 Å². The lowest BCUT2D eigenvalue weighted by Crippen LogP contribution is -2.16. The second-order valence-corrected chi connectivity index (χ2v) is 9.27. The first kappa shape index (κ1) is 20.7. The lowest BCUT2D eigenvalue weighted by atomic mass is 10.0. The molecule has 6 rings (SSSR count). The van der Waals surface area contributed by atoms with E-state index in [1.165, 1.54) is 11.1 Å². The molecular weight excluding hydrogens is 426 g/mol. The van der Waals surface area contributed by atoms with Gasteiger partial charge in [-0.2, -0.15) is 0 Å². The summed E-state index contributed by atoms with van der Waals surface area (Å²) in [6.07, 6.45) is 1.06. The molecule has 2 atom stereocenters. The Bertz CT molecular complexity index is 1550. The summed E-state index contributed by atoms with van der Waals surface area (Å²) >= 11 is 0. The molecule has 3 heterocycles. The highest BCUT2D eigenvalue weighted by atomic mass is 16.5. The minimum absolute atomic E-state index is 0.196. The fourth-order valence-corrected chi connectivity index (χ4v) is 5.43. The molecule has 34 heavy (non-hydrogen) atoms. The highest BCUT2D eigenvalue weighted by Gasteiger charge is 2.30. The van der Waals surface area contributed by atoms with Crippen molar-refractivity contribution in [3.05, 3.63) is 64.8 Å². The van der Waals surface area contributed by atoms with Crippen LogP contribution in [0.4, 0.5) is 5.82 Å². The molecule has 0 saturated carbocycles. The number of rotatable bonds is 4. The predicted octanol–water partition coefficient (Wildman–Crippen LogP) is 6.05. The number of methoxy groups -OCH3 is 1. The number of fused-ring (bicyclic) bond motifs is 4. The maximum Gasteiger partial charge on any atom is 0.144 e. The fraction of sp³-hybridized carbons (Fsp3) is 0.296. The molecule has 0 spiro atoms. The zero-order chi connectivity index (χ0) is 23.6. The first-order valence-electron chi connectivity index (χ1n) is 11.6. The number of anilines is 1. The number of hydrogen-bond donors (Lipinski definition) is 2. The Morgan fingerprint density at radius 3 is 2.71 bits per heavy atom. The van der Waals surface area contributed by atoms with E-state index in [-0.39, 0.29) is 6.04 Å². The summed E-state index contributed by atoms with van der Waals surface area (Å²) in [6, 6.07) is 13.0. The monoisotopic (exact) mass is 453 g/mol. The minimum Gasteiger partial charge on any atom is -0.496 e. The standard InChI is InChI=1S/C27H27N5O2/c1-13-10-17-8-6-7-9-18(17)25(13)31-27-24-19-12-22(33-5)20(23-14(2)32-34-15(23)3)11-21(19)30-26(24)28-16(4)29-27/h6-9,11-13,25H,10H2,1-5H3,(H2,28,29,30,31). The summed E-state index contributed by atoms with van der Waals surface area (Å²) in [5.74, 6) is 3.55. The highest BCUT2D eigenvalue weighted by Crippen LogP contribution is 2.43. The zero-order valence-electron chi connectivity index (χ0n) is 20.0. The Balaban J connectivity index is 1.55. The van der Waals surface area contributed by atoms with Crippen molar-refractivity contribution in [1.82, 2.24) is 20.1 Å². The van der Waals surface area contributed by atoms with Crippen LogP contribution in [0.1, 0.15) is 41.4 Å². The van der Waals surface area contributed by atoms with E-state index in [9.17, 15) is 0 Å². The fourth-order valence-electron chi connectivity index (χ4n) is 5.43. The van der Waals surface area contributed by atoms with E-state index in [0.717, 1.165) is 68.3 Å². The van der Waals surface area contributed by atoms with Crippen LogP contribution in [-0.4, -0.2) is 27.2 Å². The number of nitrogens with zero attached hydrogens (tertiary/aromatic N) is 3. The lowest BCUT2D eigenvalue weighted by Gasteiger charge is -2.20. The Morgan fingerprint density at radius 1 is 1.12 bits per heavy atom. The molecule has 0 radical (unpaired) electrons. The average Bonchev–Trinajstić information content (AvgIpc) is 3.44. The Kier molecular flexibility index (Phi) is 4.62. The number of aromatic amines is 1. The van der Waals surface area contributed by atoms with Gasteiger partial charge in [-0.05, 0) is 56.4 Å². The van der Waals surface area contributed by atoms with Crippen molar-refractivity contribution in [2.75, 3.05) is 12.4 Å². The van der Waals surface area contributed by atoms with Crippen LogP contribution in [0, 0.1) is 26.7 Å². The maximum atomic E-state index is 5.82. The number of nitrogens with one attached hydrogen (secondary N) is 2. The van der Waals surface area contributed by atoms with Crippen molar-refractivity contribution in [2.24, 2.45) is 5.92 Å². The second-order valence-electron chi connectivity index (χ2n) is 9.27. The van der Waals surface area contributed by atoms with Gasteiger partial charge >= 0.3 is 0 Å². The molecule has 7 nitrogen and oxygen atoms in total. The van der Waals surface area contributed by atoms with Gasteiger partial charge in [0.1, 0.15) is 28.8 Å². The van der Waals surface area contributed by atoms with Crippen molar-refractivity contribution in [1.29, 1.82) is 0 Å². The van der Waals surface area contributed by atoms with Crippen LogP contribution in [0.2, 0.25) is 0 Å². The van der Waals surface area contributed by atoms with E-state index in [2.05, 4.69) is 58.8 Å². The average molecular weight is 454 g/mol. The van der Waals surface area contributed by atoms with E-state index >= 15 is 0 Å². The van der Waals surface area contributed by atoms with Crippen LogP contribution in [0.5, 0.6) is 5.75 Å². The third-order valence-electron chi connectivity index (χ3n) is 6.98. The SMILES string of the molecule is COc1cc2c(cc1-c1c(C)noc1C)[nH]c1nc(C)nc(NC3c4ccccc4CC3C)c12. The van der Waals surface area contributed by atoms with Gasteiger partial charge in [0.05, 0.1) is 29.8 Å². The van der Waals surface area contributed by atoms with Crippen LogP contribution < -0.4 is 10.1 Å². The molecule has 2 unspecified atom stereocenters. The number of ether oxygens (including phenoxy) is 1. The molecule has 0 amide bonds. The van der Waals surface area contributed by atoms with Crippen LogP contribution in [-0.2, 0) is 6.42 Å². The molecule has 3 aromatic heterocycles. The number of hydrogen-bond acceptors (Lipinski definition) is 6. The molecule has 1 aliphatic carbocycles. The number of aryl methyl sites for hydroxylation is 3. The van der Waals surface area contributed by atoms with Crippen LogP contribution in [0.25, 0.3) is 33.1 Å². The van der Waals surface area contributed by atoms with Gasteiger partial charge < -0.3 is 19.6 Å². The van der Waals surface area contributed by atoms with Gasteiger partial charge in [-0.1, -0.05) is 36.3 Å². The van der Waals surface area contributed by atoms with Gasteiger partial charge in [0.15, 0.2) is 0 Å². The van der Waals surface area contributed by atoms with E-state index in [1.807, 2.05) is 20.8 Å². The molecule has 0 aliphatic heterocycles. The van der Waals surface area contributed by atoms with Crippen molar-refractivity contribution in [3.8, 4) is 16.9 Å². The molecule has 1 aliphatic rings. The maximum absolute atomic E-state index is 5.82.